The first-order valence-corrected chi connectivity index (χ1v) is 6.76. The van der Waals surface area contributed by atoms with Crippen LogP contribution < -0.4 is 0 Å². The standard InChI is InChI=1S/C14H15ClS/c1-3-11-6-4-5-7-12(11)14(15)13-9-8-10(2)16-13/h4-9,14H,3H2,1-2H3. The first kappa shape index (κ1) is 11.7. The molecule has 0 radical (unpaired) electrons. The van der Waals surface area contributed by atoms with Gasteiger partial charge in [-0.2, -0.15) is 0 Å². The summed E-state index contributed by atoms with van der Waals surface area (Å²) < 4.78 is 0. The van der Waals surface area contributed by atoms with Crippen molar-refractivity contribution in [1.82, 2.24) is 0 Å². The fourth-order valence-electron chi connectivity index (χ4n) is 1.85. The maximum Gasteiger partial charge on any atom is 0.0930 e. The number of hydrogen-bond acceptors (Lipinski definition) is 1. The van der Waals surface area contributed by atoms with Crippen molar-refractivity contribution in [1.29, 1.82) is 0 Å². The van der Waals surface area contributed by atoms with E-state index in [4.69, 9.17) is 11.6 Å². The highest BCUT2D eigenvalue weighted by atomic mass is 35.5. The molecule has 2 aromatic rings. The van der Waals surface area contributed by atoms with Crippen molar-refractivity contribution in [3.8, 4) is 0 Å². The van der Waals surface area contributed by atoms with Crippen LogP contribution in [0, 0.1) is 6.92 Å². The van der Waals surface area contributed by atoms with Gasteiger partial charge in [-0.3, -0.25) is 0 Å². The Morgan fingerprint density at radius 3 is 2.56 bits per heavy atom. The zero-order valence-corrected chi connectivity index (χ0v) is 11.1. The van der Waals surface area contributed by atoms with E-state index in [2.05, 4.69) is 50.2 Å². The van der Waals surface area contributed by atoms with Crippen LogP contribution in [0.5, 0.6) is 0 Å². The van der Waals surface area contributed by atoms with E-state index in [1.54, 1.807) is 11.3 Å². The minimum atomic E-state index is -0.00477. The Morgan fingerprint density at radius 1 is 1.19 bits per heavy atom. The van der Waals surface area contributed by atoms with Crippen LogP contribution in [0.3, 0.4) is 0 Å². The fraction of sp³-hybridized carbons (Fsp3) is 0.286. The molecule has 0 fully saturated rings. The third-order valence-corrected chi connectivity index (χ3v) is 4.39. The number of thiophene rings is 1. The van der Waals surface area contributed by atoms with E-state index in [-0.39, 0.29) is 5.38 Å². The van der Waals surface area contributed by atoms with Gasteiger partial charge in [0.1, 0.15) is 0 Å². The van der Waals surface area contributed by atoms with Gasteiger partial charge < -0.3 is 0 Å². The van der Waals surface area contributed by atoms with Crippen LogP contribution >= 0.6 is 22.9 Å². The molecule has 0 amide bonds. The van der Waals surface area contributed by atoms with Gasteiger partial charge in [0, 0.05) is 9.75 Å². The van der Waals surface area contributed by atoms with Crippen molar-refractivity contribution < 1.29 is 0 Å². The molecule has 16 heavy (non-hydrogen) atoms. The summed E-state index contributed by atoms with van der Waals surface area (Å²) in [6.07, 6.45) is 1.03. The molecule has 0 nitrogen and oxygen atoms in total. The molecule has 1 aromatic carbocycles. The Hall–Kier alpha value is -0.790. The molecule has 0 bridgehead atoms. The van der Waals surface area contributed by atoms with Crippen molar-refractivity contribution >= 4 is 22.9 Å². The molecule has 1 unspecified atom stereocenters. The Labute approximate surface area is 106 Å². The molecular weight excluding hydrogens is 236 g/mol. The van der Waals surface area contributed by atoms with E-state index >= 15 is 0 Å². The van der Waals surface area contributed by atoms with Crippen molar-refractivity contribution in [3.05, 3.63) is 57.3 Å². The first-order valence-electron chi connectivity index (χ1n) is 5.50. The van der Waals surface area contributed by atoms with Crippen molar-refractivity contribution in [3.63, 3.8) is 0 Å². The van der Waals surface area contributed by atoms with Gasteiger partial charge in [-0.05, 0) is 36.6 Å². The molecule has 0 saturated carbocycles. The summed E-state index contributed by atoms with van der Waals surface area (Å²) in [6, 6.07) is 12.7. The van der Waals surface area contributed by atoms with Gasteiger partial charge >= 0.3 is 0 Å². The number of benzene rings is 1. The minimum Gasteiger partial charge on any atom is -0.144 e. The second-order valence-electron chi connectivity index (χ2n) is 3.86. The topological polar surface area (TPSA) is 0 Å². The van der Waals surface area contributed by atoms with E-state index in [0.717, 1.165) is 6.42 Å². The van der Waals surface area contributed by atoms with E-state index in [1.807, 2.05) is 0 Å². The summed E-state index contributed by atoms with van der Waals surface area (Å²) in [6.45, 7) is 4.28. The van der Waals surface area contributed by atoms with E-state index in [0.29, 0.717) is 0 Å². The Kier molecular flexibility index (Phi) is 3.67. The fourth-order valence-corrected chi connectivity index (χ4v) is 3.14. The summed E-state index contributed by atoms with van der Waals surface area (Å²) in [5.74, 6) is 0. The largest absolute Gasteiger partial charge is 0.144 e. The number of aryl methyl sites for hydroxylation is 2. The van der Waals surface area contributed by atoms with Gasteiger partial charge in [0.05, 0.1) is 5.38 Å². The molecular formula is C14H15ClS. The molecule has 1 aromatic heterocycles. The SMILES string of the molecule is CCc1ccccc1C(Cl)c1ccc(C)s1. The van der Waals surface area contributed by atoms with Crippen LogP contribution in [0.25, 0.3) is 0 Å². The van der Waals surface area contributed by atoms with Gasteiger partial charge in [-0.1, -0.05) is 31.2 Å². The predicted molar refractivity (Wildman–Crippen MR) is 72.6 cm³/mol. The number of alkyl halides is 1. The summed E-state index contributed by atoms with van der Waals surface area (Å²) >= 11 is 8.32. The molecule has 2 rings (SSSR count). The number of hydrogen-bond donors (Lipinski definition) is 0. The average molecular weight is 251 g/mol. The van der Waals surface area contributed by atoms with Crippen molar-refractivity contribution in [2.45, 2.75) is 25.6 Å². The molecule has 0 saturated heterocycles. The second-order valence-corrected chi connectivity index (χ2v) is 5.62. The van der Waals surface area contributed by atoms with E-state index < -0.39 is 0 Å². The third kappa shape index (κ3) is 2.31. The lowest BCUT2D eigenvalue weighted by Gasteiger charge is -2.12. The Balaban J connectivity index is 2.36. The van der Waals surface area contributed by atoms with Crippen LogP contribution in [0.2, 0.25) is 0 Å². The molecule has 0 aliphatic rings. The van der Waals surface area contributed by atoms with Crippen LogP contribution in [0.15, 0.2) is 36.4 Å². The summed E-state index contributed by atoms with van der Waals surface area (Å²) in [5, 5.41) is -0.00477. The van der Waals surface area contributed by atoms with Crippen molar-refractivity contribution in [2.75, 3.05) is 0 Å². The third-order valence-electron chi connectivity index (χ3n) is 2.72. The maximum atomic E-state index is 6.54. The predicted octanol–water partition coefficient (Wildman–Crippen LogP) is 4.95. The highest BCUT2D eigenvalue weighted by Crippen LogP contribution is 2.35. The van der Waals surface area contributed by atoms with E-state index in [1.165, 1.54) is 20.9 Å². The molecule has 84 valence electrons. The van der Waals surface area contributed by atoms with E-state index in [9.17, 15) is 0 Å². The second kappa shape index (κ2) is 5.03. The van der Waals surface area contributed by atoms with Crippen LogP contribution in [-0.4, -0.2) is 0 Å². The Morgan fingerprint density at radius 2 is 1.94 bits per heavy atom. The zero-order chi connectivity index (χ0) is 11.5. The lowest BCUT2D eigenvalue weighted by Crippen LogP contribution is -1.95. The smallest absolute Gasteiger partial charge is 0.0930 e. The van der Waals surface area contributed by atoms with Gasteiger partial charge in [0.15, 0.2) is 0 Å². The molecule has 0 N–H and O–H groups in total. The minimum absolute atomic E-state index is 0.00477. The van der Waals surface area contributed by atoms with Crippen LogP contribution in [-0.2, 0) is 6.42 Å². The Bertz CT molecular complexity index is 473. The highest BCUT2D eigenvalue weighted by Gasteiger charge is 2.15. The quantitative estimate of drug-likeness (QED) is 0.677. The highest BCUT2D eigenvalue weighted by molar-refractivity contribution is 7.12. The lowest BCUT2D eigenvalue weighted by molar-refractivity contribution is 1.05. The molecule has 0 aliphatic heterocycles. The summed E-state index contributed by atoms with van der Waals surface area (Å²) in [4.78, 5) is 2.55. The average Bonchev–Trinajstić information content (AvgIpc) is 2.75. The normalized spacial score (nSPS) is 12.7. The number of halogens is 1. The molecule has 1 atom stereocenters. The van der Waals surface area contributed by atoms with Gasteiger partial charge in [-0.25, -0.2) is 0 Å². The molecule has 0 spiro atoms. The zero-order valence-electron chi connectivity index (χ0n) is 9.53. The van der Waals surface area contributed by atoms with Gasteiger partial charge in [-0.15, -0.1) is 22.9 Å². The lowest BCUT2D eigenvalue weighted by atomic mass is 10.0. The van der Waals surface area contributed by atoms with Crippen LogP contribution in [0.4, 0.5) is 0 Å². The molecule has 1 heterocycles. The summed E-state index contributed by atoms with van der Waals surface area (Å²) in [5.41, 5.74) is 2.59. The summed E-state index contributed by atoms with van der Waals surface area (Å²) in [7, 11) is 0. The van der Waals surface area contributed by atoms with Gasteiger partial charge in [0.25, 0.3) is 0 Å². The molecule has 2 heteroatoms. The maximum absolute atomic E-state index is 6.54. The monoisotopic (exact) mass is 250 g/mol. The number of rotatable bonds is 3. The molecule has 0 aliphatic carbocycles. The van der Waals surface area contributed by atoms with Crippen LogP contribution in [0.1, 0.15) is 33.2 Å². The van der Waals surface area contributed by atoms with Gasteiger partial charge in [0.2, 0.25) is 0 Å². The van der Waals surface area contributed by atoms with Crippen molar-refractivity contribution in [2.24, 2.45) is 0 Å². The first-order chi connectivity index (χ1) is 7.72.